The van der Waals surface area contributed by atoms with Crippen molar-refractivity contribution in [2.24, 2.45) is 11.5 Å². The van der Waals surface area contributed by atoms with Gasteiger partial charge in [0.05, 0.1) is 0 Å². The summed E-state index contributed by atoms with van der Waals surface area (Å²) in [5.74, 6) is 0. The van der Waals surface area contributed by atoms with E-state index in [9.17, 15) is 9.59 Å². The maximum Gasteiger partial charge on any atom is 0.338 e. The third-order valence-electron chi connectivity index (χ3n) is 2.18. The molecule has 0 fully saturated rings. The van der Waals surface area contributed by atoms with Gasteiger partial charge in [0.15, 0.2) is 0 Å². The Morgan fingerprint density at radius 1 is 0.714 bits per heavy atom. The zero-order chi connectivity index (χ0) is 15.5. The van der Waals surface area contributed by atoms with Crippen LogP contribution >= 0.6 is 0 Å². The molecule has 2 rings (SSSR count). The Hall–Kier alpha value is -3.06. The molecule has 0 heterocycles. The monoisotopic (exact) mass is 288 g/mol. The first-order valence-corrected chi connectivity index (χ1v) is 5.97. The van der Waals surface area contributed by atoms with Crippen molar-refractivity contribution in [3.05, 3.63) is 60.7 Å². The standard InChI is InChI=1S/C12H10.C2H6N4O3/c1-3-7-11(8-4-1)12-9-5-2-6-10-12;3-1(7)5-9-6-2(4)8/h1-10H;(H3,3,5,7)(H3,4,6,8). The molecule has 0 aliphatic heterocycles. The van der Waals surface area contributed by atoms with E-state index >= 15 is 0 Å². The van der Waals surface area contributed by atoms with E-state index in [2.05, 4.69) is 64.9 Å². The maximum atomic E-state index is 9.77. The topological polar surface area (TPSA) is 119 Å². The van der Waals surface area contributed by atoms with Crippen molar-refractivity contribution in [3.8, 4) is 11.1 Å². The van der Waals surface area contributed by atoms with Gasteiger partial charge >= 0.3 is 12.1 Å². The van der Waals surface area contributed by atoms with Crippen LogP contribution in [0.2, 0.25) is 0 Å². The van der Waals surface area contributed by atoms with E-state index < -0.39 is 12.1 Å². The van der Waals surface area contributed by atoms with E-state index in [0.29, 0.717) is 0 Å². The number of primary amides is 2. The van der Waals surface area contributed by atoms with Gasteiger partial charge in [0, 0.05) is 0 Å². The fraction of sp³-hybridized carbons (Fsp3) is 0. The Labute approximate surface area is 121 Å². The van der Waals surface area contributed by atoms with Gasteiger partial charge in [-0.2, -0.15) is 15.9 Å². The quantitative estimate of drug-likeness (QED) is 0.641. The first kappa shape index (κ1) is 16.0. The van der Waals surface area contributed by atoms with Gasteiger partial charge in [-0.25, -0.2) is 9.59 Å². The summed E-state index contributed by atoms with van der Waals surface area (Å²) in [6.07, 6.45) is 0. The second-order valence-electron chi connectivity index (χ2n) is 3.77. The molecule has 2 aromatic carbocycles. The van der Waals surface area contributed by atoms with Crippen LogP contribution in [0.5, 0.6) is 0 Å². The Morgan fingerprint density at radius 2 is 1.05 bits per heavy atom. The van der Waals surface area contributed by atoms with Crippen LogP contribution < -0.4 is 22.4 Å². The van der Waals surface area contributed by atoms with Crippen molar-refractivity contribution < 1.29 is 14.5 Å². The zero-order valence-corrected chi connectivity index (χ0v) is 11.2. The van der Waals surface area contributed by atoms with E-state index in [1.165, 1.54) is 11.1 Å². The Balaban J connectivity index is 0.000000222. The molecule has 110 valence electrons. The van der Waals surface area contributed by atoms with Gasteiger partial charge in [-0.15, -0.1) is 0 Å². The minimum Gasteiger partial charge on any atom is -0.350 e. The third-order valence-corrected chi connectivity index (χ3v) is 2.18. The highest BCUT2D eigenvalue weighted by Gasteiger charge is 1.92. The average Bonchev–Trinajstić information content (AvgIpc) is 2.49. The zero-order valence-electron chi connectivity index (χ0n) is 11.2. The molecule has 0 aromatic heterocycles. The van der Waals surface area contributed by atoms with Crippen LogP contribution in [-0.4, -0.2) is 12.1 Å². The van der Waals surface area contributed by atoms with Crippen molar-refractivity contribution in [2.45, 2.75) is 0 Å². The number of amides is 4. The Morgan fingerprint density at radius 3 is 1.33 bits per heavy atom. The van der Waals surface area contributed by atoms with Gasteiger partial charge in [-0.3, -0.25) is 0 Å². The molecule has 0 atom stereocenters. The molecule has 0 spiro atoms. The van der Waals surface area contributed by atoms with Gasteiger partial charge in [0.2, 0.25) is 0 Å². The van der Waals surface area contributed by atoms with Crippen LogP contribution in [0, 0.1) is 0 Å². The first-order valence-electron chi connectivity index (χ1n) is 5.97. The van der Waals surface area contributed by atoms with Crippen molar-refractivity contribution in [3.63, 3.8) is 0 Å². The SMILES string of the molecule is NC(=O)NONC(N)=O.c1ccc(-c2ccccc2)cc1. The minimum absolute atomic E-state index is 0.927. The van der Waals surface area contributed by atoms with Crippen molar-refractivity contribution in [1.82, 2.24) is 11.0 Å². The molecular formula is C14H16N4O3. The molecule has 0 radical (unpaired) electrons. The summed E-state index contributed by atoms with van der Waals surface area (Å²) in [7, 11) is 0. The predicted molar refractivity (Wildman–Crippen MR) is 78.4 cm³/mol. The molecule has 7 nitrogen and oxygen atoms in total. The fourth-order valence-corrected chi connectivity index (χ4v) is 1.39. The molecule has 0 bridgehead atoms. The lowest BCUT2D eigenvalue weighted by Crippen LogP contribution is -2.39. The summed E-state index contributed by atoms with van der Waals surface area (Å²) in [5.41, 5.74) is 14.8. The normalized spacial score (nSPS) is 8.95. The van der Waals surface area contributed by atoms with E-state index in [1.807, 2.05) is 12.1 Å². The van der Waals surface area contributed by atoms with Crippen molar-refractivity contribution in [1.29, 1.82) is 0 Å². The van der Waals surface area contributed by atoms with E-state index in [1.54, 1.807) is 11.0 Å². The number of carbonyl (C=O) groups excluding carboxylic acids is 2. The summed E-state index contributed by atoms with van der Waals surface area (Å²) < 4.78 is 0. The number of benzene rings is 2. The number of hydroxylamine groups is 2. The van der Waals surface area contributed by atoms with Crippen LogP contribution in [0.15, 0.2) is 60.7 Å². The van der Waals surface area contributed by atoms with Crippen molar-refractivity contribution >= 4 is 12.1 Å². The molecule has 0 aliphatic carbocycles. The van der Waals surface area contributed by atoms with Gasteiger partial charge < -0.3 is 11.5 Å². The molecule has 0 saturated heterocycles. The van der Waals surface area contributed by atoms with Crippen LogP contribution in [0.4, 0.5) is 9.59 Å². The number of rotatable bonds is 3. The largest absolute Gasteiger partial charge is 0.350 e. The second-order valence-corrected chi connectivity index (χ2v) is 3.77. The van der Waals surface area contributed by atoms with Crippen LogP contribution in [0.25, 0.3) is 11.1 Å². The fourth-order valence-electron chi connectivity index (χ4n) is 1.39. The van der Waals surface area contributed by atoms with Gasteiger partial charge in [0.25, 0.3) is 0 Å². The van der Waals surface area contributed by atoms with Gasteiger partial charge in [0.1, 0.15) is 0 Å². The highest BCUT2D eigenvalue weighted by atomic mass is 16.8. The summed E-state index contributed by atoms with van der Waals surface area (Å²) in [6.45, 7) is 0. The highest BCUT2D eigenvalue weighted by molar-refractivity contribution is 5.72. The molecular weight excluding hydrogens is 272 g/mol. The van der Waals surface area contributed by atoms with Crippen molar-refractivity contribution in [2.75, 3.05) is 0 Å². The molecule has 7 heteroatoms. The summed E-state index contributed by atoms with van der Waals surface area (Å²) in [5, 5.41) is 0. The number of nitrogens with one attached hydrogen (secondary N) is 2. The molecule has 6 N–H and O–H groups in total. The lowest BCUT2D eigenvalue weighted by Gasteiger charge is -1.98. The van der Waals surface area contributed by atoms with E-state index in [0.717, 1.165) is 0 Å². The van der Waals surface area contributed by atoms with Gasteiger partial charge in [-0.05, 0) is 11.1 Å². The predicted octanol–water partition coefficient (Wildman–Crippen LogP) is 1.52. The Kier molecular flexibility index (Phi) is 6.81. The number of hydrogen-bond donors (Lipinski definition) is 4. The maximum absolute atomic E-state index is 9.77. The molecule has 21 heavy (non-hydrogen) atoms. The lowest BCUT2D eigenvalue weighted by molar-refractivity contribution is 0.00853. The summed E-state index contributed by atoms with van der Waals surface area (Å²) in [6, 6.07) is 18.9. The van der Waals surface area contributed by atoms with Crippen LogP contribution in [0.3, 0.4) is 0 Å². The number of carbonyl (C=O) groups is 2. The number of nitrogens with two attached hydrogens (primary N) is 2. The first-order chi connectivity index (χ1) is 10.1. The molecule has 4 amide bonds. The minimum atomic E-state index is -0.927. The summed E-state index contributed by atoms with van der Waals surface area (Å²) in [4.78, 5) is 23.5. The Bertz CT molecular complexity index is 509. The molecule has 0 aliphatic rings. The van der Waals surface area contributed by atoms with E-state index in [4.69, 9.17) is 0 Å². The number of hydrogen-bond acceptors (Lipinski definition) is 3. The number of urea groups is 2. The molecule has 0 unspecified atom stereocenters. The van der Waals surface area contributed by atoms with Crippen LogP contribution in [0.1, 0.15) is 0 Å². The summed E-state index contributed by atoms with van der Waals surface area (Å²) >= 11 is 0. The van der Waals surface area contributed by atoms with Crippen LogP contribution in [-0.2, 0) is 4.94 Å². The molecule has 0 saturated carbocycles. The third kappa shape index (κ3) is 7.19. The van der Waals surface area contributed by atoms with Gasteiger partial charge in [-0.1, -0.05) is 60.7 Å². The van der Waals surface area contributed by atoms with E-state index in [-0.39, 0.29) is 0 Å². The average molecular weight is 288 g/mol. The highest BCUT2D eigenvalue weighted by Crippen LogP contribution is 2.17. The smallest absolute Gasteiger partial charge is 0.338 e. The lowest BCUT2D eigenvalue weighted by atomic mass is 10.1. The molecule has 2 aromatic rings. The second kappa shape index (κ2) is 8.94.